The maximum Gasteiger partial charge on any atom is 0.161 e. The molecule has 2 rings (SSSR count). The minimum absolute atomic E-state index is 0.0648. The minimum Gasteiger partial charge on any atom is -0.352 e. The molecule has 2 heteroatoms. The Morgan fingerprint density at radius 2 is 2.38 bits per heavy atom. The van der Waals surface area contributed by atoms with E-state index in [1.54, 1.807) is 0 Å². The molecule has 0 aliphatic carbocycles. The van der Waals surface area contributed by atoms with E-state index in [1.807, 2.05) is 0 Å². The zero-order chi connectivity index (χ0) is 5.40. The lowest BCUT2D eigenvalue weighted by atomic mass is 10.1. The van der Waals surface area contributed by atoms with E-state index in [2.05, 4.69) is 6.42 Å². The molecule has 0 unspecified atom stereocenters. The Bertz CT molecular complexity index is 72.5. The smallest absolute Gasteiger partial charge is 0.161 e. The van der Waals surface area contributed by atoms with Crippen LogP contribution in [0.3, 0.4) is 0 Å². The molecule has 2 atom stereocenters. The predicted molar refractivity (Wildman–Crippen MR) is 27.0 cm³/mol. The highest BCUT2D eigenvalue weighted by atomic mass is 16.7. The second-order valence-corrected chi connectivity index (χ2v) is 2.15. The Morgan fingerprint density at radius 1 is 1.38 bits per heavy atom. The highest BCUT2D eigenvalue weighted by molar-refractivity contribution is 4.87. The van der Waals surface area contributed by atoms with Crippen LogP contribution in [0, 0.1) is 12.3 Å². The summed E-state index contributed by atoms with van der Waals surface area (Å²) in [6.07, 6.45) is 4.34. The largest absolute Gasteiger partial charge is 0.352 e. The Hall–Kier alpha value is -0.0800. The third-order valence-electron chi connectivity index (χ3n) is 1.63. The van der Waals surface area contributed by atoms with Crippen molar-refractivity contribution in [1.29, 1.82) is 0 Å². The van der Waals surface area contributed by atoms with Crippen LogP contribution < -0.4 is 0 Å². The third kappa shape index (κ3) is 0.565. The predicted octanol–water partition coefficient (Wildman–Crippen LogP) is 0.460. The summed E-state index contributed by atoms with van der Waals surface area (Å²) in [5.74, 6) is 0.481. The molecule has 2 heterocycles. The van der Waals surface area contributed by atoms with E-state index < -0.39 is 0 Å². The van der Waals surface area contributed by atoms with E-state index in [-0.39, 0.29) is 6.29 Å². The topological polar surface area (TPSA) is 18.5 Å². The van der Waals surface area contributed by atoms with Crippen LogP contribution in [0.1, 0.15) is 6.42 Å². The van der Waals surface area contributed by atoms with E-state index in [9.17, 15) is 0 Å². The summed E-state index contributed by atoms with van der Waals surface area (Å²) in [6, 6.07) is 0. The minimum atomic E-state index is 0.0648. The van der Waals surface area contributed by atoms with Gasteiger partial charge in [0.05, 0.1) is 13.2 Å². The first-order valence-corrected chi connectivity index (χ1v) is 2.93. The van der Waals surface area contributed by atoms with Gasteiger partial charge in [0.25, 0.3) is 0 Å². The van der Waals surface area contributed by atoms with Crippen molar-refractivity contribution in [2.24, 2.45) is 5.92 Å². The van der Waals surface area contributed by atoms with Crippen molar-refractivity contribution in [3.8, 4) is 0 Å². The zero-order valence-corrected chi connectivity index (χ0v) is 4.59. The molecule has 2 saturated heterocycles. The summed E-state index contributed by atoms with van der Waals surface area (Å²) in [5.41, 5.74) is 0. The fourth-order valence-corrected chi connectivity index (χ4v) is 1.16. The van der Waals surface area contributed by atoms with Crippen LogP contribution in [0.2, 0.25) is 0 Å². The summed E-state index contributed by atoms with van der Waals surface area (Å²) in [6.45, 7) is 1.51. The van der Waals surface area contributed by atoms with E-state index in [0.717, 1.165) is 13.0 Å². The van der Waals surface area contributed by atoms with Crippen molar-refractivity contribution in [3.63, 3.8) is 0 Å². The first-order valence-electron chi connectivity index (χ1n) is 2.93. The van der Waals surface area contributed by atoms with Crippen molar-refractivity contribution in [1.82, 2.24) is 0 Å². The van der Waals surface area contributed by atoms with Crippen LogP contribution >= 0.6 is 0 Å². The molecule has 0 bridgehead atoms. The molecule has 0 N–H and O–H groups in total. The standard InChI is InChI=1S/C6H8O2/c1-3-7-6-5(1)2-4-8-6/h5-6H,1,3-4H2/t5-,6+/m0/s1. The highest BCUT2D eigenvalue weighted by Gasteiger charge is 2.33. The Morgan fingerprint density at radius 3 is 3.25 bits per heavy atom. The highest BCUT2D eigenvalue weighted by Crippen LogP contribution is 2.29. The van der Waals surface area contributed by atoms with Crippen molar-refractivity contribution in [2.75, 3.05) is 13.2 Å². The number of hydrogen-bond donors (Lipinski definition) is 0. The summed E-state index contributed by atoms with van der Waals surface area (Å²) in [5, 5.41) is 0. The molecule has 2 radical (unpaired) electrons. The third-order valence-corrected chi connectivity index (χ3v) is 1.63. The average molecular weight is 112 g/mol. The molecule has 0 amide bonds. The van der Waals surface area contributed by atoms with Crippen LogP contribution in [0.5, 0.6) is 0 Å². The number of ether oxygens (including phenoxy) is 2. The van der Waals surface area contributed by atoms with Crippen LogP contribution in [-0.4, -0.2) is 19.5 Å². The molecular weight excluding hydrogens is 104 g/mol. The van der Waals surface area contributed by atoms with Gasteiger partial charge in [-0.2, -0.15) is 0 Å². The maximum absolute atomic E-state index is 5.19. The van der Waals surface area contributed by atoms with Gasteiger partial charge >= 0.3 is 0 Å². The first-order chi connectivity index (χ1) is 3.97. The van der Waals surface area contributed by atoms with Gasteiger partial charge < -0.3 is 9.47 Å². The van der Waals surface area contributed by atoms with Gasteiger partial charge in [-0.3, -0.25) is 0 Å². The maximum atomic E-state index is 5.19. The summed E-state index contributed by atoms with van der Waals surface area (Å²) < 4.78 is 10.3. The molecule has 2 nitrogen and oxygen atoms in total. The molecule has 8 heavy (non-hydrogen) atoms. The molecule has 44 valence electrons. The molecular formula is C6H8O2. The van der Waals surface area contributed by atoms with E-state index in [1.165, 1.54) is 0 Å². The zero-order valence-electron chi connectivity index (χ0n) is 4.59. The lowest BCUT2D eigenvalue weighted by molar-refractivity contribution is -0.0904. The molecule has 0 aromatic heterocycles. The van der Waals surface area contributed by atoms with Crippen molar-refractivity contribution in [3.05, 3.63) is 6.42 Å². The molecule has 0 saturated carbocycles. The monoisotopic (exact) mass is 112 g/mol. The Balaban J connectivity index is 2.04. The van der Waals surface area contributed by atoms with E-state index >= 15 is 0 Å². The lowest BCUT2D eigenvalue weighted by Gasteiger charge is -2.03. The normalized spacial score (nSPS) is 45.0. The van der Waals surface area contributed by atoms with Gasteiger partial charge in [-0.25, -0.2) is 0 Å². The Labute approximate surface area is 48.8 Å². The lowest BCUT2D eigenvalue weighted by Crippen LogP contribution is -2.09. The van der Waals surface area contributed by atoms with Crippen LogP contribution in [0.15, 0.2) is 0 Å². The van der Waals surface area contributed by atoms with E-state index in [0.29, 0.717) is 12.5 Å². The van der Waals surface area contributed by atoms with Gasteiger partial charge in [-0.05, 0) is 6.42 Å². The summed E-state index contributed by atoms with van der Waals surface area (Å²) in [4.78, 5) is 0. The van der Waals surface area contributed by atoms with E-state index in [4.69, 9.17) is 9.47 Å². The van der Waals surface area contributed by atoms with Gasteiger partial charge in [0.2, 0.25) is 0 Å². The second kappa shape index (κ2) is 1.71. The number of hydrogen-bond acceptors (Lipinski definition) is 2. The van der Waals surface area contributed by atoms with Gasteiger partial charge in [0.1, 0.15) is 0 Å². The molecule has 2 fully saturated rings. The van der Waals surface area contributed by atoms with Crippen LogP contribution in [0.4, 0.5) is 0 Å². The van der Waals surface area contributed by atoms with Crippen LogP contribution in [0.25, 0.3) is 0 Å². The van der Waals surface area contributed by atoms with Gasteiger partial charge in [0.15, 0.2) is 6.29 Å². The van der Waals surface area contributed by atoms with Gasteiger partial charge in [-0.1, -0.05) is 0 Å². The molecule has 2 aliphatic rings. The number of fused-ring (bicyclic) bond motifs is 1. The molecule has 2 aliphatic heterocycles. The fraction of sp³-hybridized carbons (Fsp3) is 0.833. The van der Waals surface area contributed by atoms with Crippen LogP contribution in [-0.2, 0) is 9.47 Å². The Kier molecular flexibility index (Phi) is 1.02. The molecule has 0 aromatic carbocycles. The van der Waals surface area contributed by atoms with Gasteiger partial charge in [-0.15, -0.1) is 0 Å². The number of rotatable bonds is 0. The first kappa shape index (κ1) is 4.77. The molecule has 0 spiro atoms. The fourth-order valence-electron chi connectivity index (χ4n) is 1.16. The summed E-state index contributed by atoms with van der Waals surface area (Å²) >= 11 is 0. The summed E-state index contributed by atoms with van der Waals surface area (Å²) in [7, 11) is 0. The quantitative estimate of drug-likeness (QED) is 0.453. The average Bonchev–Trinajstić information content (AvgIpc) is 2.15. The second-order valence-electron chi connectivity index (χ2n) is 2.15. The van der Waals surface area contributed by atoms with Crippen molar-refractivity contribution >= 4 is 0 Å². The van der Waals surface area contributed by atoms with Gasteiger partial charge in [0, 0.05) is 12.3 Å². The van der Waals surface area contributed by atoms with Crippen molar-refractivity contribution in [2.45, 2.75) is 12.7 Å². The molecule has 0 aromatic rings. The van der Waals surface area contributed by atoms with Crippen molar-refractivity contribution < 1.29 is 9.47 Å². The SMILES string of the molecule is [C]1CO[C@H]2OCC[C@@H]12.